The number of rotatable bonds is 7. The summed E-state index contributed by atoms with van der Waals surface area (Å²) in [5.41, 5.74) is 1.65. The summed E-state index contributed by atoms with van der Waals surface area (Å²) in [5.74, 6) is -1.10. The van der Waals surface area contributed by atoms with E-state index in [9.17, 15) is 14.4 Å². The fourth-order valence-electron chi connectivity index (χ4n) is 2.38. The van der Waals surface area contributed by atoms with Gasteiger partial charge in [-0.15, -0.1) is 0 Å². The van der Waals surface area contributed by atoms with Crippen LogP contribution in [0.25, 0.3) is 0 Å². The number of amides is 2. The Bertz CT molecular complexity index is 630. The highest BCUT2D eigenvalue weighted by Gasteiger charge is 2.25. The lowest BCUT2D eigenvalue weighted by atomic mass is 9.86. The van der Waals surface area contributed by atoms with E-state index in [0.29, 0.717) is 5.56 Å². The molecule has 144 valence electrons. The molecule has 6 heteroatoms. The predicted octanol–water partition coefficient (Wildman–Crippen LogP) is 2.42. The summed E-state index contributed by atoms with van der Waals surface area (Å²) in [6, 6.07) is 6.71. The number of hydrogen-bond donors (Lipinski definition) is 2. The number of ether oxygens (including phenoxy) is 1. The second kappa shape index (κ2) is 9.36. The van der Waals surface area contributed by atoms with Gasteiger partial charge < -0.3 is 15.4 Å². The van der Waals surface area contributed by atoms with Crippen LogP contribution in [0.5, 0.6) is 0 Å². The molecule has 0 bridgehead atoms. The van der Waals surface area contributed by atoms with Crippen LogP contribution in [0, 0.1) is 5.92 Å². The highest BCUT2D eigenvalue weighted by Crippen LogP contribution is 2.22. The summed E-state index contributed by atoms with van der Waals surface area (Å²) >= 11 is 0. The van der Waals surface area contributed by atoms with Crippen molar-refractivity contribution < 1.29 is 19.1 Å². The van der Waals surface area contributed by atoms with Crippen LogP contribution < -0.4 is 10.6 Å². The van der Waals surface area contributed by atoms with E-state index in [1.54, 1.807) is 12.1 Å². The van der Waals surface area contributed by atoms with Crippen LogP contribution in [0.1, 0.15) is 57.0 Å². The van der Waals surface area contributed by atoms with Crippen molar-refractivity contribution >= 4 is 17.8 Å². The van der Waals surface area contributed by atoms with E-state index in [2.05, 4.69) is 36.1 Å². The zero-order chi connectivity index (χ0) is 19.9. The lowest BCUT2D eigenvalue weighted by Crippen LogP contribution is -2.50. The molecule has 2 N–H and O–H groups in total. The summed E-state index contributed by atoms with van der Waals surface area (Å²) in [5, 5.41) is 5.44. The van der Waals surface area contributed by atoms with Crippen LogP contribution in [0.2, 0.25) is 0 Å². The molecule has 0 aliphatic heterocycles. The lowest BCUT2D eigenvalue weighted by molar-refractivity contribution is -0.140. The second-order valence-corrected chi connectivity index (χ2v) is 7.64. The van der Waals surface area contributed by atoms with Gasteiger partial charge in [0.05, 0.1) is 13.5 Å². The Hall–Kier alpha value is -2.37. The minimum absolute atomic E-state index is 0.00893. The third-order valence-corrected chi connectivity index (χ3v) is 4.10. The van der Waals surface area contributed by atoms with Crippen molar-refractivity contribution in [3.8, 4) is 0 Å². The molecule has 0 radical (unpaired) electrons. The standard InChI is InChI=1S/C20H30N2O4/c1-13(2)17(19(25)21-12-11-16(23)26-6)22-18(24)14-7-9-15(10-8-14)20(3,4)5/h7-10,13,17H,11-12H2,1-6H3,(H,21,25)(H,22,24). The van der Waals surface area contributed by atoms with Crippen molar-refractivity contribution in [1.82, 2.24) is 10.6 Å². The van der Waals surface area contributed by atoms with Gasteiger partial charge >= 0.3 is 5.97 Å². The first-order valence-electron chi connectivity index (χ1n) is 8.82. The molecule has 0 aromatic heterocycles. The van der Waals surface area contributed by atoms with Gasteiger partial charge in [-0.05, 0) is 29.0 Å². The summed E-state index contributed by atoms with van der Waals surface area (Å²) in [4.78, 5) is 35.9. The van der Waals surface area contributed by atoms with Gasteiger partial charge in [0.1, 0.15) is 6.04 Å². The molecule has 0 aliphatic carbocycles. The van der Waals surface area contributed by atoms with E-state index in [0.717, 1.165) is 5.56 Å². The van der Waals surface area contributed by atoms with Crippen LogP contribution in [0.4, 0.5) is 0 Å². The molecule has 0 saturated heterocycles. The number of carbonyl (C=O) groups is 3. The molecule has 2 amide bonds. The van der Waals surface area contributed by atoms with Crippen LogP contribution in [0.15, 0.2) is 24.3 Å². The van der Waals surface area contributed by atoms with E-state index in [4.69, 9.17) is 0 Å². The van der Waals surface area contributed by atoms with Crippen molar-refractivity contribution in [3.05, 3.63) is 35.4 Å². The van der Waals surface area contributed by atoms with Gasteiger partial charge in [0.2, 0.25) is 5.91 Å². The average Bonchev–Trinajstić information content (AvgIpc) is 2.58. The van der Waals surface area contributed by atoms with Crippen molar-refractivity contribution in [2.24, 2.45) is 5.92 Å². The molecule has 1 rings (SSSR count). The molecule has 0 saturated carbocycles. The quantitative estimate of drug-likeness (QED) is 0.730. The smallest absolute Gasteiger partial charge is 0.307 e. The lowest BCUT2D eigenvalue weighted by Gasteiger charge is -2.22. The largest absolute Gasteiger partial charge is 0.469 e. The Morgan fingerprint density at radius 1 is 1.08 bits per heavy atom. The first kappa shape index (κ1) is 21.7. The molecule has 0 fully saturated rings. The van der Waals surface area contributed by atoms with Crippen molar-refractivity contribution in [2.45, 2.75) is 52.5 Å². The minimum atomic E-state index is -0.678. The van der Waals surface area contributed by atoms with Crippen LogP contribution >= 0.6 is 0 Å². The van der Waals surface area contributed by atoms with Gasteiger partial charge in [-0.3, -0.25) is 14.4 Å². The maximum atomic E-state index is 12.5. The van der Waals surface area contributed by atoms with Crippen molar-refractivity contribution in [2.75, 3.05) is 13.7 Å². The van der Waals surface area contributed by atoms with E-state index in [1.807, 2.05) is 26.0 Å². The first-order valence-corrected chi connectivity index (χ1v) is 8.82. The summed E-state index contributed by atoms with van der Waals surface area (Å²) < 4.78 is 4.54. The maximum Gasteiger partial charge on any atom is 0.307 e. The van der Waals surface area contributed by atoms with Gasteiger partial charge in [0.25, 0.3) is 5.91 Å². The van der Waals surface area contributed by atoms with Crippen LogP contribution in [0.3, 0.4) is 0 Å². The van der Waals surface area contributed by atoms with Gasteiger partial charge in [0, 0.05) is 12.1 Å². The fourth-order valence-corrected chi connectivity index (χ4v) is 2.38. The van der Waals surface area contributed by atoms with E-state index >= 15 is 0 Å². The Kier molecular flexibility index (Phi) is 7.80. The minimum Gasteiger partial charge on any atom is -0.469 e. The molecule has 0 spiro atoms. The summed E-state index contributed by atoms with van der Waals surface area (Å²) in [7, 11) is 1.30. The zero-order valence-corrected chi connectivity index (χ0v) is 16.5. The Morgan fingerprint density at radius 2 is 1.65 bits per heavy atom. The van der Waals surface area contributed by atoms with Crippen LogP contribution in [-0.4, -0.2) is 37.5 Å². The number of esters is 1. The maximum absolute atomic E-state index is 12.5. The van der Waals surface area contributed by atoms with Gasteiger partial charge in [-0.1, -0.05) is 46.8 Å². The molecule has 0 heterocycles. The number of methoxy groups -OCH3 is 1. The predicted molar refractivity (Wildman–Crippen MR) is 101 cm³/mol. The Morgan fingerprint density at radius 3 is 2.12 bits per heavy atom. The van der Waals surface area contributed by atoms with Crippen molar-refractivity contribution in [3.63, 3.8) is 0 Å². The Balaban J connectivity index is 2.72. The fraction of sp³-hybridized carbons (Fsp3) is 0.550. The molecular weight excluding hydrogens is 332 g/mol. The summed E-state index contributed by atoms with van der Waals surface area (Å²) in [6.45, 7) is 10.2. The van der Waals surface area contributed by atoms with Gasteiger partial charge in [-0.2, -0.15) is 0 Å². The third kappa shape index (κ3) is 6.50. The highest BCUT2D eigenvalue weighted by atomic mass is 16.5. The molecule has 1 atom stereocenters. The Labute approximate surface area is 155 Å². The van der Waals surface area contributed by atoms with E-state index in [1.165, 1.54) is 7.11 Å². The molecule has 1 aromatic rings. The van der Waals surface area contributed by atoms with E-state index in [-0.39, 0.29) is 36.1 Å². The van der Waals surface area contributed by atoms with E-state index < -0.39 is 12.0 Å². The first-order chi connectivity index (χ1) is 12.1. The monoisotopic (exact) mass is 362 g/mol. The normalized spacial score (nSPS) is 12.4. The molecule has 0 aliphatic rings. The van der Waals surface area contributed by atoms with Crippen LogP contribution in [-0.2, 0) is 19.7 Å². The molecule has 6 nitrogen and oxygen atoms in total. The highest BCUT2D eigenvalue weighted by molar-refractivity contribution is 5.97. The third-order valence-electron chi connectivity index (χ3n) is 4.10. The summed E-state index contributed by atoms with van der Waals surface area (Å²) in [6.07, 6.45) is 0.0925. The molecule has 26 heavy (non-hydrogen) atoms. The van der Waals surface area contributed by atoms with Gasteiger partial charge in [-0.25, -0.2) is 0 Å². The molecule has 1 unspecified atom stereocenters. The van der Waals surface area contributed by atoms with Crippen molar-refractivity contribution in [1.29, 1.82) is 0 Å². The molecular formula is C20H30N2O4. The second-order valence-electron chi connectivity index (χ2n) is 7.64. The zero-order valence-electron chi connectivity index (χ0n) is 16.5. The number of hydrogen-bond acceptors (Lipinski definition) is 4. The SMILES string of the molecule is COC(=O)CCNC(=O)C(NC(=O)c1ccc(C(C)(C)C)cc1)C(C)C. The number of carbonyl (C=O) groups excluding carboxylic acids is 3. The number of nitrogens with one attached hydrogen (secondary N) is 2. The molecule has 1 aromatic carbocycles. The van der Waals surface area contributed by atoms with Gasteiger partial charge in [0.15, 0.2) is 0 Å². The topological polar surface area (TPSA) is 84.5 Å². The average molecular weight is 362 g/mol. The number of benzene rings is 1.